The van der Waals surface area contributed by atoms with Crippen LogP contribution in [0.15, 0.2) is 11.1 Å². The third-order valence-corrected chi connectivity index (χ3v) is 1.23. The van der Waals surface area contributed by atoms with Gasteiger partial charge in [-0.2, -0.15) is 4.98 Å². The quantitative estimate of drug-likeness (QED) is 0.548. The summed E-state index contributed by atoms with van der Waals surface area (Å²) in [5.41, 5.74) is -0.227. The Bertz CT molecular complexity index is 279. The molecule has 10 heavy (non-hydrogen) atoms. The number of rotatable bonds is 1. The largest absolute Gasteiger partial charge is 0.350 e. The van der Waals surface area contributed by atoms with Crippen molar-refractivity contribution >= 4 is 0 Å². The summed E-state index contributed by atoms with van der Waals surface area (Å²) in [4.78, 5) is 18.4. The maximum atomic E-state index is 10.9. The Labute approximate surface area is 58.6 Å². The Morgan fingerprint density at radius 1 is 1.70 bits per heavy atom. The fraction of sp³-hybridized carbons (Fsp3) is 0.500. The van der Waals surface area contributed by atoms with Gasteiger partial charge in [-0.25, -0.2) is 9.78 Å². The zero-order valence-corrected chi connectivity index (χ0v) is 6.03. The van der Waals surface area contributed by atoms with Gasteiger partial charge in [-0.1, -0.05) is 0 Å². The Balaban J connectivity index is 3.20. The Hall–Kier alpha value is -1.19. The van der Waals surface area contributed by atoms with E-state index >= 15 is 0 Å². The fourth-order valence-electron chi connectivity index (χ4n) is 0.651. The molecule has 1 rings (SSSR count). The summed E-state index contributed by atoms with van der Waals surface area (Å²) < 4.78 is 1.45. The average molecular weight is 139 g/mol. The van der Waals surface area contributed by atoms with Crippen LogP contribution in [0.5, 0.6) is 0 Å². The fourth-order valence-corrected chi connectivity index (χ4v) is 0.651. The van der Waals surface area contributed by atoms with Crippen LogP contribution in [-0.4, -0.2) is 14.5 Å². The molecule has 4 heteroatoms. The number of hydrogen-bond acceptors (Lipinski definition) is 3. The first-order valence-corrected chi connectivity index (χ1v) is 3.14. The highest BCUT2D eigenvalue weighted by molar-refractivity contribution is 4.77. The summed E-state index contributed by atoms with van der Waals surface area (Å²) in [5.74, 6) is 0.523. The third-order valence-electron chi connectivity index (χ3n) is 1.23. The van der Waals surface area contributed by atoms with Crippen molar-refractivity contribution in [2.75, 3.05) is 0 Å². The minimum Gasteiger partial charge on any atom is -0.283 e. The first-order chi connectivity index (χ1) is 4.74. The van der Waals surface area contributed by atoms with Crippen LogP contribution in [-0.2, 0) is 6.54 Å². The Morgan fingerprint density at radius 2 is 2.40 bits per heavy atom. The van der Waals surface area contributed by atoms with Crippen molar-refractivity contribution in [2.45, 2.75) is 20.4 Å². The van der Waals surface area contributed by atoms with Crippen molar-refractivity contribution in [3.63, 3.8) is 0 Å². The summed E-state index contributed by atoms with van der Waals surface area (Å²) in [6, 6.07) is 0. The molecule has 54 valence electrons. The van der Waals surface area contributed by atoms with Crippen molar-refractivity contribution in [1.82, 2.24) is 14.5 Å². The predicted molar refractivity (Wildman–Crippen MR) is 36.7 cm³/mol. The van der Waals surface area contributed by atoms with Crippen LogP contribution in [0, 0.1) is 6.92 Å². The lowest BCUT2D eigenvalue weighted by atomic mass is 10.7. The molecule has 4 nitrogen and oxygen atoms in total. The van der Waals surface area contributed by atoms with E-state index in [1.807, 2.05) is 6.92 Å². The van der Waals surface area contributed by atoms with E-state index in [2.05, 4.69) is 9.97 Å². The molecule has 0 radical (unpaired) electrons. The van der Waals surface area contributed by atoms with Crippen molar-refractivity contribution in [1.29, 1.82) is 0 Å². The van der Waals surface area contributed by atoms with E-state index in [-0.39, 0.29) is 5.69 Å². The van der Waals surface area contributed by atoms with E-state index in [9.17, 15) is 4.79 Å². The molecule has 0 spiro atoms. The predicted octanol–water partition coefficient (Wildman–Crippen LogP) is -0.0334. The Kier molecular flexibility index (Phi) is 1.80. The van der Waals surface area contributed by atoms with Crippen molar-refractivity contribution in [2.24, 2.45) is 0 Å². The van der Waals surface area contributed by atoms with E-state index in [1.165, 1.54) is 10.9 Å². The van der Waals surface area contributed by atoms with Gasteiger partial charge in [-0.15, -0.1) is 0 Å². The first kappa shape index (κ1) is 6.92. The molecule has 1 aromatic rings. The zero-order valence-electron chi connectivity index (χ0n) is 6.03. The minimum absolute atomic E-state index is 0.227. The normalized spacial score (nSPS) is 9.80. The van der Waals surface area contributed by atoms with Gasteiger partial charge in [0.15, 0.2) is 0 Å². The van der Waals surface area contributed by atoms with Gasteiger partial charge in [0.25, 0.3) is 0 Å². The second-order valence-electron chi connectivity index (χ2n) is 1.97. The van der Waals surface area contributed by atoms with Crippen LogP contribution in [0.25, 0.3) is 0 Å². The maximum Gasteiger partial charge on any atom is 0.350 e. The number of aromatic nitrogens is 3. The highest BCUT2D eigenvalue weighted by atomic mass is 16.1. The van der Waals surface area contributed by atoms with E-state index < -0.39 is 0 Å². The molecule has 0 saturated heterocycles. The molecule has 1 aromatic heterocycles. The van der Waals surface area contributed by atoms with Crippen LogP contribution in [0.1, 0.15) is 12.7 Å². The lowest BCUT2D eigenvalue weighted by Crippen LogP contribution is -2.23. The standard InChI is InChI=1S/C6H9N3O/c1-3-9-4-7-5(2)8-6(9)10/h4H,3H2,1-2H3. The summed E-state index contributed by atoms with van der Waals surface area (Å²) in [5, 5.41) is 0. The van der Waals surface area contributed by atoms with Crippen LogP contribution in [0.3, 0.4) is 0 Å². The van der Waals surface area contributed by atoms with Crippen LogP contribution < -0.4 is 5.69 Å². The molecule has 0 N–H and O–H groups in total. The monoisotopic (exact) mass is 139 g/mol. The maximum absolute atomic E-state index is 10.9. The van der Waals surface area contributed by atoms with Gasteiger partial charge >= 0.3 is 5.69 Å². The topological polar surface area (TPSA) is 47.8 Å². The summed E-state index contributed by atoms with van der Waals surface area (Å²) in [7, 11) is 0. The molecule has 0 unspecified atom stereocenters. The van der Waals surface area contributed by atoms with Gasteiger partial charge in [0.05, 0.1) is 0 Å². The first-order valence-electron chi connectivity index (χ1n) is 3.14. The lowest BCUT2D eigenvalue weighted by molar-refractivity contribution is 0.665. The van der Waals surface area contributed by atoms with Crippen molar-refractivity contribution < 1.29 is 0 Å². The second-order valence-corrected chi connectivity index (χ2v) is 1.97. The number of hydrogen-bond donors (Lipinski definition) is 0. The number of nitrogens with zero attached hydrogens (tertiary/aromatic N) is 3. The molecular formula is C6H9N3O. The van der Waals surface area contributed by atoms with E-state index in [0.29, 0.717) is 12.4 Å². The SMILES string of the molecule is CCn1cnc(C)nc1=O. The van der Waals surface area contributed by atoms with Crippen molar-refractivity contribution in [3.8, 4) is 0 Å². The van der Waals surface area contributed by atoms with Gasteiger partial charge in [-0.3, -0.25) is 4.57 Å². The molecule has 1 heterocycles. The van der Waals surface area contributed by atoms with Gasteiger partial charge in [0, 0.05) is 6.54 Å². The summed E-state index contributed by atoms with van der Waals surface area (Å²) >= 11 is 0. The molecule has 0 saturated carbocycles. The molecule has 0 atom stereocenters. The smallest absolute Gasteiger partial charge is 0.283 e. The molecule has 0 amide bonds. The van der Waals surface area contributed by atoms with Gasteiger partial charge in [0.2, 0.25) is 0 Å². The van der Waals surface area contributed by atoms with Gasteiger partial charge in [0.1, 0.15) is 12.2 Å². The molecule has 0 aliphatic carbocycles. The molecule has 0 aromatic carbocycles. The van der Waals surface area contributed by atoms with Crippen molar-refractivity contribution in [3.05, 3.63) is 22.6 Å². The molecule has 0 bridgehead atoms. The van der Waals surface area contributed by atoms with E-state index in [1.54, 1.807) is 6.92 Å². The highest BCUT2D eigenvalue weighted by Gasteiger charge is 1.92. The summed E-state index contributed by atoms with van der Waals surface area (Å²) in [6.45, 7) is 4.20. The van der Waals surface area contributed by atoms with Crippen LogP contribution in [0.2, 0.25) is 0 Å². The average Bonchev–Trinajstić information content (AvgIpc) is 1.88. The molecule has 0 fully saturated rings. The van der Waals surface area contributed by atoms with Crippen LogP contribution >= 0.6 is 0 Å². The molecular weight excluding hydrogens is 130 g/mol. The summed E-state index contributed by atoms with van der Waals surface area (Å²) in [6.07, 6.45) is 1.50. The van der Waals surface area contributed by atoms with Crippen LogP contribution in [0.4, 0.5) is 0 Å². The minimum atomic E-state index is -0.227. The lowest BCUT2D eigenvalue weighted by Gasteiger charge is -1.97. The van der Waals surface area contributed by atoms with Gasteiger partial charge < -0.3 is 0 Å². The van der Waals surface area contributed by atoms with E-state index in [4.69, 9.17) is 0 Å². The Morgan fingerprint density at radius 3 is 2.90 bits per heavy atom. The second kappa shape index (κ2) is 2.60. The third kappa shape index (κ3) is 1.21. The van der Waals surface area contributed by atoms with Gasteiger partial charge in [-0.05, 0) is 13.8 Å². The zero-order chi connectivity index (χ0) is 7.56. The molecule has 0 aliphatic heterocycles. The number of aryl methyl sites for hydroxylation is 2. The van der Waals surface area contributed by atoms with E-state index in [0.717, 1.165) is 0 Å². The molecule has 0 aliphatic rings. The highest BCUT2D eigenvalue weighted by Crippen LogP contribution is 1.78.